The number of aryl methyl sites for hydroxylation is 1. The Hall–Kier alpha value is -1.18. The predicted octanol–water partition coefficient (Wildman–Crippen LogP) is 1.70. The number of anilines is 1. The summed E-state index contributed by atoms with van der Waals surface area (Å²) in [4.78, 5) is 6.92. The minimum absolute atomic E-state index is 0.110. The van der Waals surface area contributed by atoms with E-state index in [2.05, 4.69) is 27.6 Å². The van der Waals surface area contributed by atoms with E-state index in [-0.39, 0.29) is 17.6 Å². The van der Waals surface area contributed by atoms with Gasteiger partial charge in [-0.1, -0.05) is 6.07 Å². The minimum atomic E-state index is -3.16. The molecule has 1 aromatic heterocycles. The van der Waals surface area contributed by atoms with Gasteiger partial charge in [-0.3, -0.25) is 0 Å². The highest BCUT2D eigenvalue weighted by Crippen LogP contribution is 2.55. The van der Waals surface area contributed by atoms with Crippen molar-refractivity contribution in [3.05, 3.63) is 23.9 Å². The lowest BCUT2D eigenvalue weighted by atomic mass is 9.74. The third-order valence-corrected chi connectivity index (χ3v) is 8.27. The third-order valence-electron chi connectivity index (χ3n) is 6.76. The average molecular weight is 378 g/mol. The molecule has 3 aliphatic heterocycles. The maximum Gasteiger partial charge on any atom is 0.211 e. The lowest BCUT2D eigenvalue weighted by Crippen LogP contribution is -2.42. The molecule has 1 spiro atoms. The summed E-state index contributed by atoms with van der Waals surface area (Å²) >= 11 is 0. The highest BCUT2D eigenvalue weighted by molar-refractivity contribution is 7.89. The number of ether oxygens (including phenoxy) is 1. The maximum absolute atomic E-state index is 12.3. The molecule has 0 radical (unpaired) electrons. The number of nitrogens with one attached hydrogen (secondary N) is 1. The largest absolute Gasteiger partial charge is 0.369 e. The topological polar surface area (TPSA) is 71.5 Å². The monoisotopic (exact) mass is 377 g/mol. The molecule has 7 heteroatoms. The fraction of sp³-hybridized carbons (Fsp3) is 0.737. The van der Waals surface area contributed by atoms with E-state index < -0.39 is 10.0 Å². The highest BCUT2D eigenvalue weighted by atomic mass is 32.2. The van der Waals surface area contributed by atoms with Crippen molar-refractivity contribution in [1.29, 1.82) is 0 Å². The van der Waals surface area contributed by atoms with Crippen LogP contribution in [0, 0.1) is 24.7 Å². The van der Waals surface area contributed by atoms with Crippen molar-refractivity contribution in [1.82, 2.24) is 9.71 Å². The molecule has 3 saturated heterocycles. The number of fused-ring (bicyclic) bond motifs is 1. The summed E-state index contributed by atoms with van der Waals surface area (Å²) in [5.74, 6) is 2.36. The van der Waals surface area contributed by atoms with Crippen LogP contribution >= 0.6 is 0 Å². The predicted molar refractivity (Wildman–Crippen MR) is 99.5 cm³/mol. The zero-order valence-electron chi connectivity index (χ0n) is 15.2. The van der Waals surface area contributed by atoms with Gasteiger partial charge in [0.1, 0.15) is 5.82 Å². The zero-order valence-corrected chi connectivity index (χ0v) is 16.0. The Bertz CT molecular complexity index is 810. The molecule has 6 nitrogen and oxygen atoms in total. The van der Waals surface area contributed by atoms with Crippen LogP contribution in [-0.4, -0.2) is 50.5 Å². The standard InChI is InChI=1S/C19H27N3O3S/c1-13-3-2-8-20-18(13)22-10-16-15(17-6-7-19(16,12-22)25-17)9-21-26(23,24)11-14-4-5-14/h2-3,8,14-17,21H,4-7,9-12H2,1H3/t15-,16+,17+,19+/m0/s1. The Morgan fingerprint density at radius 3 is 3.00 bits per heavy atom. The SMILES string of the molecule is Cc1cccnc1N1C[C@@H]2[C@H](CNS(=O)(=O)CC3CC3)[C@H]3CC[C@]2(C1)O3. The van der Waals surface area contributed by atoms with Gasteiger partial charge in [0, 0.05) is 37.7 Å². The fourth-order valence-corrected chi connectivity index (χ4v) is 6.83. The van der Waals surface area contributed by atoms with Crippen molar-refractivity contribution in [2.75, 3.05) is 30.3 Å². The first-order valence-corrected chi connectivity index (χ1v) is 11.4. The lowest BCUT2D eigenvalue weighted by Gasteiger charge is -2.29. The summed E-state index contributed by atoms with van der Waals surface area (Å²) in [5.41, 5.74) is 1.07. The van der Waals surface area contributed by atoms with Gasteiger partial charge in [-0.15, -0.1) is 0 Å². The van der Waals surface area contributed by atoms with E-state index in [1.807, 2.05) is 12.3 Å². The summed E-state index contributed by atoms with van der Waals surface area (Å²) in [7, 11) is -3.16. The molecule has 2 bridgehead atoms. The number of nitrogens with zero attached hydrogens (tertiary/aromatic N) is 2. The summed E-state index contributed by atoms with van der Waals surface area (Å²) in [6.45, 7) is 4.39. The Morgan fingerprint density at radius 2 is 2.23 bits per heavy atom. The molecular formula is C19H27N3O3S. The van der Waals surface area contributed by atoms with Crippen LogP contribution in [0.4, 0.5) is 5.82 Å². The summed E-state index contributed by atoms with van der Waals surface area (Å²) < 4.78 is 33.9. The molecule has 0 amide bonds. The first kappa shape index (κ1) is 17.0. The first-order chi connectivity index (χ1) is 12.5. The van der Waals surface area contributed by atoms with Gasteiger partial charge in [0.2, 0.25) is 10.0 Å². The molecule has 1 aromatic rings. The number of rotatable bonds is 6. The van der Waals surface area contributed by atoms with E-state index in [1.54, 1.807) is 0 Å². The van der Waals surface area contributed by atoms with Gasteiger partial charge in [0.05, 0.1) is 17.5 Å². The molecule has 142 valence electrons. The first-order valence-electron chi connectivity index (χ1n) is 9.77. The molecule has 4 fully saturated rings. The minimum Gasteiger partial charge on any atom is -0.369 e. The van der Waals surface area contributed by atoms with Crippen LogP contribution in [0.25, 0.3) is 0 Å². The smallest absolute Gasteiger partial charge is 0.211 e. The number of aromatic nitrogens is 1. The van der Waals surface area contributed by atoms with E-state index in [4.69, 9.17) is 4.74 Å². The fourth-order valence-electron chi connectivity index (χ4n) is 5.31. The van der Waals surface area contributed by atoms with Crippen molar-refractivity contribution in [2.45, 2.75) is 44.3 Å². The molecule has 26 heavy (non-hydrogen) atoms. The van der Waals surface area contributed by atoms with E-state index in [1.165, 1.54) is 5.56 Å². The normalized spacial score (nSPS) is 35.9. The molecule has 0 unspecified atom stereocenters. The average Bonchev–Trinajstić information content (AvgIpc) is 3.07. The summed E-state index contributed by atoms with van der Waals surface area (Å²) in [6, 6.07) is 4.06. The Balaban J connectivity index is 1.31. The summed E-state index contributed by atoms with van der Waals surface area (Å²) in [6.07, 6.45) is 6.28. The van der Waals surface area contributed by atoms with Crippen molar-refractivity contribution >= 4 is 15.8 Å². The van der Waals surface area contributed by atoms with E-state index in [9.17, 15) is 8.42 Å². The summed E-state index contributed by atoms with van der Waals surface area (Å²) in [5, 5.41) is 0. The van der Waals surface area contributed by atoms with Gasteiger partial charge in [-0.25, -0.2) is 18.1 Å². The van der Waals surface area contributed by atoms with Gasteiger partial charge in [0.25, 0.3) is 0 Å². The second kappa shape index (κ2) is 5.91. The van der Waals surface area contributed by atoms with Gasteiger partial charge >= 0.3 is 0 Å². The van der Waals surface area contributed by atoms with E-state index in [0.717, 1.165) is 44.6 Å². The molecule has 4 atom stereocenters. The quantitative estimate of drug-likeness (QED) is 0.817. The molecule has 1 saturated carbocycles. The number of hydrogen-bond donors (Lipinski definition) is 1. The van der Waals surface area contributed by atoms with Crippen LogP contribution in [0.3, 0.4) is 0 Å². The van der Waals surface area contributed by atoms with Crippen molar-refractivity contribution in [3.63, 3.8) is 0 Å². The molecule has 5 rings (SSSR count). The molecular weight excluding hydrogens is 350 g/mol. The van der Waals surface area contributed by atoms with Crippen molar-refractivity contribution in [2.24, 2.45) is 17.8 Å². The third kappa shape index (κ3) is 2.84. The highest BCUT2D eigenvalue weighted by Gasteiger charge is 2.63. The lowest BCUT2D eigenvalue weighted by molar-refractivity contribution is 0.0142. The molecule has 1 N–H and O–H groups in total. The Labute approximate surface area is 155 Å². The Morgan fingerprint density at radius 1 is 1.38 bits per heavy atom. The second-order valence-corrected chi connectivity index (χ2v) is 10.5. The number of hydrogen-bond acceptors (Lipinski definition) is 5. The van der Waals surface area contributed by atoms with Gasteiger partial charge < -0.3 is 9.64 Å². The van der Waals surface area contributed by atoms with Crippen molar-refractivity contribution in [3.8, 4) is 0 Å². The molecule has 4 heterocycles. The zero-order chi connectivity index (χ0) is 17.9. The van der Waals surface area contributed by atoms with E-state index in [0.29, 0.717) is 24.1 Å². The van der Waals surface area contributed by atoms with E-state index >= 15 is 0 Å². The van der Waals surface area contributed by atoms with Crippen LogP contribution in [-0.2, 0) is 14.8 Å². The molecule has 0 aromatic carbocycles. The van der Waals surface area contributed by atoms with Crippen LogP contribution in [0.1, 0.15) is 31.2 Å². The number of sulfonamides is 1. The van der Waals surface area contributed by atoms with Crippen molar-refractivity contribution < 1.29 is 13.2 Å². The van der Waals surface area contributed by atoms with Crippen LogP contribution in [0.5, 0.6) is 0 Å². The van der Waals surface area contributed by atoms with Crippen LogP contribution in [0.2, 0.25) is 0 Å². The van der Waals surface area contributed by atoms with Crippen LogP contribution in [0.15, 0.2) is 18.3 Å². The van der Waals surface area contributed by atoms with Crippen LogP contribution < -0.4 is 9.62 Å². The number of pyridine rings is 1. The maximum atomic E-state index is 12.3. The molecule has 4 aliphatic rings. The second-order valence-electron chi connectivity index (χ2n) is 8.63. The van der Waals surface area contributed by atoms with Gasteiger partial charge in [0.15, 0.2) is 0 Å². The van der Waals surface area contributed by atoms with Gasteiger partial charge in [-0.2, -0.15) is 0 Å². The molecule has 1 aliphatic carbocycles. The van der Waals surface area contributed by atoms with Gasteiger partial charge in [-0.05, 0) is 50.2 Å². The Kier molecular flexibility index (Phi) is 3.85.